The normalized spacial score (nSPS) is 11.7. The van der Waals surface area contributed by atoms with Crippen LogP contribution >= 0.6 is 35.0 Å². The Kier molecular flexibility index (Phi) is 5.41. The zero-order valence-corrected chi connectivity index (χ0v) is 16.8. The third-order valence-corrected chi connectivity index (χ3v) is 5.29. The van der Waals surface area contributed by atoms with Crippen molar-refractivity contribution in [1.82, 2.24) is 25.3 Å². The lowest BCUT2D eigenvalue weighted by molar-refractivity contribution is -0.122. The fourth-order valence-corrected chi connectivity index (χ4v) is 3.77. The third kappa shape index (κ3) is 3.79. The van der Waals surface area contributed by atoms with E-state index < -0.39 is 4.75 Å². The van der Waals surface area contributed by atoms with Gasteiger partial charge >= 0.3 is 0 Å². The van der Waals surface area contributed by atoms with Crippen LogP contribution in [0.5, 0.6) is 0 Å². The van der Waals surface area contributed by atoms with Crippen LogP contribution in [-0.4, -0.2) is 37.1 Å². The molecule has 1 amide bonds. The number of fused-ring (bicyclic) bond motifs is 1. The minimum absolute atomic E-state index is 0.0817. The van der Waals surface area contributed by atoms with E-state index in [1.54, 1.807) is 24.5 Å². The van der Waals surface area contributed by atoms with Gasteiger partial charge in [0, 0.05) is 17.1 Å². The molecule has 0 aliphatic carbocycles. The molecule has 0 bridgehead atoms. The highest BCUT2D eigenvalue weighted by Gasteiger charge is 2.30. The van der Waals surface area contributed by atoms with Crippen molar-refractivity contribution in [2.24, 2.45) is 0 Å². The number of benzene rings is 1. The molecule has 0 saturated heterocycles. The number of hydrogen-bond donors (Lipinski definition) is 2. The molecule has 0 spiro atoms. The molecule has 0 saturated carbocycles. The zero-order chi connectivity index (χ0) is 18.9. The van der Waals surface area contributed by atoms with Gasteiger partial charge in [0.2, 0.25) is 5.91 Å². The van der Waals surface area contributed by atoms with Gasteiger partial charge in [-0.1, -0.05) is 35.0 Å². The number of thioether (sulfide) groups is 1. The van der Waals surface area contributed by atoms with E-state index >= 15 is 0 Å². The highest BCUT2D eigenvalue weighted by atomic mass is 35.5. The maximum Gasteiger partial charge on any atom is 0.236 e. The molecule has 3 rings (SSSR count). The van der Waals surface area contributed by atoms with Gasteiger partial charge in [0.15, 0.2) is 10.8 Å². The van der Waals surface area contributed by atoms with Crippen molar-refractivity contribution in [1.29, 1.82) is 0 Å². The van der Waals surface area contributed by atoms with Crippen LogP contribution in [0.1, 0.15) is 20.8 Å². The minimum atomic E-state index is -0.735. The van der Waals surface area contributed by atoms with Crippen LogP contribution in [0.4, 0.5) is 0 Å². The summed E-state index contributed by atoms with van der Waals surface area (Å²) in [6.45, 7) is 6.10. The minimum Gasteiger partial charge on any atom is -0.355 e. The molecule has 0 unspecified atom stereocenters. The molecule has 2 N–H and O–H groups in total. The Morgan fingerprint density at radius 2 is 2.08 bits per heavy atom. The van der Waals surface area contributed by atoms with Crippen LogP contribution in [0.2, 0.25) is 10.0 Å². The second-order valence-electron chi connectivity index (χ2n) is 6.05. The highest BCUT2D eigenvalue weighted by Crippen LogP contribution is 2.36. The third-order valence-electron chi connectivity index (χ3n) is 3.68. The zero-order valence-electron chi connectivity index (χ0n) is 14.4. The SMILES string of the molecule is CCNC(=O)C(C)(C)Sc1nc(-c2ccc(Cl)cc2Cl)c2[nH]cnc2n1. The van der Waals surface area contributed by atoms with Gasteiger partial charge in [-0.25, -0.2) is 15.0 Å². The number of H-pyrrole nitrogens is 1. The van der Waals surface area contributed by atoms with Crippen molar-refractivity contribution in [3.63, 3.8) is 0 Å². The monoisotopic (exact) mass is 409 g/mol. The first-order valence-electron chi connectivity index (χ1n) is 7.95. The average molecular weight is 410 g/mol. The summed E-state index contributed by atoms with van der Waals surface area (Å²) in [5.41, 5.74) is 2.51. The predicted molar refractivity (Wildman–Crippen MR) is 106 cm³/mol. The van der Waals surface area contributed by atoms with Crippen molar-refractivity contribution in [2.45, 2.75) is 30.7 Å². The van der Waals surface area contributed by atoms with Crippen LogP contribution in [0.15, 0.2) is 29.7 Å². The van der Waals surface area contributed by atoms with E-state index in [1.165, 1.54) is 11.8 Å². The first-order valence-corrected chi connectivity index (χ1v) is 9.53. The number of imidazole rings is 1. The van der Waals surface area contributed by atoms with Gasteiger partial charge in [0.1, 0.15) is 11.2 Å². The molecule has 2 heterocycles. The number of nitrogens with zero attached hydrogens (tertiary/aromatic N) is 3. The summed E-state index contributed by atoms with van der Waals surface area (Å²) in [6, 6.07) is 5.21. The molecule has 1 aromatic carbocycles. The lowest BCUT2D eigenvalue weighted by Gasteiger charge is -2.21. The van der Waals surface area contributed by atoms with Gasteiger partial charge in [0.05, 0.1) is 16.1 Å². The Morgan fingerprint density at radius 3 is 2.77 bits per heavy atom. The molecule has 26 heavy (non-hydrogen) atoms. The maximum absolute atomic E-state index is 12.3. The molecular formula is C17H17Cl2N5OS. The summed E-state index contributed by atoms with van der Waals surface area (Å²) in [4.78, 5) is 28.7. The first kappa shape index (κ1) is 18.9. The average Bonchev–Trinajstić information content (AvgIpc) is 3.02. The lowest BCUT2D eigenvalue weighted by Crippen LogP contribution is -2.39. The Labute approximate surface area is 165 Å². The quantitative estimate of drug-likeness (QED) is 0.483. The number of amides is 1. The van der Waals surface area contributed by atoms with Gasteiger partial charge in [-0.05, 0) is 39.0 Å². The van der Waals surface area contributed by atoms with Crippen molar-refractivity contribution >= 4 is 52.0 Å². The number of hydrogen-bond acceptors (Lipinski definition) is 5. The molecule has 9 heteroatoms. The maximum atomic E-state index is 12.3. The number of carbonyl (C=O) groups is 1. The Bertz CT molecular complexity index is 973. The summed E-state index contributed by atoms with van der Waals surface area (Å²) < 4.78 is -0.735. The fourth-order valence-electron chi connectivity index (χ4n) is 2.38. The second-order valence-corrected chi connectivity index (χ2v) is 8.49. The van der Waals surface area contributed by atoms with E-state index in [1.807, 2.05) is 20.8 Å². The van der Waals surface area contributed by atoms with Crippen LogP contribution in [-0.2, 0) is 4.79 Å². The first-order chi connectivity index (χ1) is 12.3. The van der Waals surface area contributed by atoms with Gasteiger partial charge in [-0.3, -0.25) is 4.79 Å². The molecule has 0 aliphatic rings. The number of rotatable bonds is 5. The molecular weight excluding hydrogens is 393 g/mol. The van der Waals surface area contributed by atoms with Crippen molar-refractivity contribution in [2.75, 3.05) is 6.54 Å². The predicted octanol–water partition coefficient (Wildman–Crippen LogP) is 4.33. The Balaban J connectivity index is 2.08. The van der Waals surface area contributed by atoms with Crippen molar-refractivity contribution in [3.8, 4) is 11.3 Å². The lowest BCUT2D eigenvalue weighted by atomic mass is 10.1. The van der Waals surface area contributed by atoms with E-state index in [-0.39, 0.29) is 5.91 Å². The van der Waals surface area contributed by atoms with Gasteiger partial charge in [-0.15, -0.1) is 0 Å². The molecule has 3 aromatic rings. The summed E-state index contributed by atoms with van der Waals surface area (Å²) in [5.74, 6) is -0.0817. The highest BCUT2D eigenvalue weighted by molar-refractivity contribution is 8.01. The summed E-state index contributed by atoms with van der Waals surface area (Å²) in [5, 5.41) is 4.29. The van der Waals surface area contributed by atoms with Crippen LogP contribution in [0.3, 0.4) is 0 Å². The van der Waals surface area contributed by atoms with E-state index in [2.05, 4.69) is 25.3 Å². The largest absolute Gasteiger partial charge is 0.355 e. The number of aromatic amines is 1. The van der Waals surface area contributed by atoms with E-state index in [0.717, 1.165) is 0 Å². The summed E-state index contributed by atoms with van der Waals surface area (Å²) >= 11 is 13.6. The standard InChI is InChI=1S/C17H17Cl2N5OS/c1-4-20-15(25)17(2,3)26-16-23-12(13-14(24-16)22-8-21-13)10-6-5-9(18)7-11(10)19/h5-8H,4H2,1-3H3,(H,20,25)(H,21,22,23,24). The molecule has 0 aliphatic heterocycles. The summed E-state index contributed by atoms with van der Waals surface area (Å²) in [7, 11) is 0. The topological polar surface area (TPSA) is 83.6 Å². The van der Waals surface area contributed by atoms with Crippen LogP contribution < -0.4 is 5.32 Å². The van der Waals surface area contributed by atoms with E-state index in [9.17, 15) is 4.79 Å². The number of nitrogens with one attached hydrogen (secondary N) is 2. The molecule has 2 aromatic heterocycles. The van der Waals surface area contributed by atoms with Gasteiger partial charge in [0.25, 0.3) is 0 Å². The molecule has 0 radical (unpaired) electrons. The fraction of sp³-hybridized carbons (Fsp3) is 0.294. The second kappa shape index (κ2) is 7.42. The van der Waals surface area contributed by atoms with E-state index in [0.29, 0.717) is 44.2 Å². The van der Waals surface area contributed by atoms with Crippen molar-refractivity contribution in [3.05, 3.63) is 34.6 Å². The van der Waals surface area contributed by atoms with Gasteiger partial charge < -0.3 is 10.3 Å². The summed E-state index contributed by atoms with van der Waals surface area (Å²) in [6.07, 6.45) is 1.55. The number of carbonyl (C=O) groups excluding carboxylic acids is 1. The van der Waals surface area contributed by atoms with E-state index in [4.69, 9.17) is 23.2 Å². The van der Waals surface area contributed by atoms with Crippen LogP contribution in [0.25, 0.3) is 22.4 Å². The van der Waals surface area contributed by atoms with Crippen molar-refractivity contribution < 1.29 is 4.79 Å². The van der Waals surface area contributed by atoms with Gasteiger partial charge in [-0.2, -0.15) is 0 Å². The molecule has 0 atom stereocenters. The molecule has 6 nitrogen and oxygen atoms in total. The number of halogens is 2. The smallest absolute Gasteiger partial charge is 0.236 e. The Hall–Kier alpha value is -1.83. The molecule has 0 fully saturated rings. The molecule has 136 valence electrons. The van der Waals surface area contributed by atoms with Crippen LogP contribution in [0, 0.1) is 0 Å². The Morgan fingerprint density at radius 1 is 1.31 bits per heavy atom. The number of aromatic nitrogens is 4.